The topological polar surface area (TPSA) is 16.1 Å². The third-order valence-corrected chi connectivity index (χ3v) is 4.23. The minimum Gasteiger partial charge on any atom is -0.355 e. The molecule has 1 aliphatic rings. The van der Waals surface area contributed by atoms with Crippen molar-refractivity contribution in [2.75, 3.05) is 23.7 Å². The summed E-state index contributed by atoms with van der Waals surface area (Å²) in [6.07, 6.45) is 2.95. The highest BCUT2D eigenvalue weighted by Crippen LogP contribution is 2.24. The molecule has 2 rings (SSSR count). The van der Waals surface area contributed by atoms with Gasteiger partial charge < -0.3 is 4.90 Å². The highest BCUT2D eigenvalue weighted by atomic mass is 35.5. The van der Waals surface area contributed by atoms with Crippen LogP contribution in [0.1, 0.15) is 13.3 Å². The van der Waals surface area contributed by atoms with Crippen molar-refractivity contribution in [2.45, 2.75) is 18.6 Å². The summed E-state index contributed by atoms with van der Waals surface area (Å²) in [5, 5.41) is 1.45. The van der Waals surface area contributed by atoms with Gasteiger partial charge in [0.25, 0.3) is 0 Å². The van der Waals surface area contributed by atoms with E-state index in [0.717, 1.165) is 24.2 Å². The fourth-order valence-corrected chi connectivity index (χ4v) is 3.02. The van der Waals surface area contributed by atoms with Gasteiger partial charge >= 0.3 is 0 Å². The van der Waals surface area contributed by atoms with Gasteiger partial charge in [0.05, 0.1) is 5.02 Å². The summed E-state index contributed by atoms with van der Waals surface area (Å²) in [5.41, 5.74) is 0. The monoisotopic (exact) mass is 242 g/mol. The van der Waals surface area contributed by atoms with E-state index >= 15 is 0 Å². The van der Waals surface area contributed by atoms with Crippen molar-refractivity contribution in [3.05, 3.63) is 23.4 Å². The molecule has 15 heavy (non-hydrogen) atoms. The minimum atomic E-state index is 0.706. The lowest BCUT2D eigenvalue weighted by Crippen LogP contribution is -2.38. The van der Waals surface area contributed by atoms with Gasteiger partial charge in [-0.1, -0.05) is 18.5 Å². The van der Waals surface area contributed by atoms with Gasteiger partial charge in [-0.3, -0.25) is 0 Å². The van der Waals surface area contributed by atoms with E-state index in [1.54, 1.807) is 6.20 Å². The molecular formula is C11H15ClN2S. The zero-order valence-electron chi connectivity index (χ0n) is 8.82. The molecule has 2 nitrogen and oxygen atoms in total. The van der Waals surface area contributed by atoms with E-state index in [1.807, 2.05) is 12.1 Å². The zero-order valence-corrected chi connectivity index (χ0v) is 10.4. The van der Waals surface area contributed by atoms with Crippen LogP contribution in [0.25, 0.3) is 0 Å². The first-order valence-electron chi connectivity index (χ1n) is 5.27. The Bertz CT molecular complexity index is 315. The molecule has 0 aliphatic carbocycles. The summed E-state index contributed by atoms with van der Waals surface area (Å²) in [6, 6.07) is 3.91. The van der Waals surface area contributed by atoms with Crippen molar-refractivity contribution in [2.24, 2.45) is 0 Å². The molecule has 1 aromatic rings. The van der Waals surface area contributed by atoms with E-state index < -0.39 is 0 Å². The molecule has 0 bridgehead atoms. The maximum absolute atomic E-state index is 5.82. The summed E-state index contributed by atoms with van der Waals surface area (Å²) >= 11 is 7.89. The number of pyridine rings is 1. The van der Waals surface area contributed by atoms with Crippen LogP contribution in [-0.2, 0) is 0 Å². The zero-order chi connectivity index (χ0) is 10.7. The first-order chi connectivity index (χ1) is 7.29. The fourth-order valence-electron chi connectivity index (χ4n) is 1.73. The molecule has 1 saturated heterocycles. The molecule has 0 saturated carbocycles. The maximum Gasteiger partial charge on any atom is 0.128 e. The number of anilines is 1. The van der Waals surface area contributed by atoms with E-state index in [4.69, 9.17) is 11.6 Å². The highest BCUT2D eigenvalue weighted by Gasteiger charge is 2.19. The van der Waals surface area contributed by atoms with Crippen molar-refractivity contribution in [1.29, 1.82) is 0 Å². The number of hydrogen-bond acceptors (Lipinski definition) is 3. The molecule has 0 spiro atoms. The fraction of sp³-hybridized carbons (Fsp3) is 0.545. The number of hydrogen-bond donors (Lipinski definition) is 0. The molecule has 0 aromatic carbocycles. The summed E-state index contributed by atoms with van der Waals surface area (Å²) < 4.78 is 0. The molecule has 1 unspecified atom stereocenters. The van der Waals surface area contributed by atoms with Crippen LogP contribution < -0.4 is 4.90 Å². The lowest BCUT2D eigenvalue weighted by molar-refractivity contribution is 0.720. The van der Waals surface area contributed by atoms with Crippen molar-refractivity contribution in [3.63, 3.8) is 0 Å². The molecule has 1 aliphatic heterocycles. The minimum absolute atomic E-state index is 0.706. The van der Waals surface area contributed by atoms with Gasteiger partial charge in [-0.2, -0.15) is 11.8 Å². The summed E-state index contributed by atoms with van der Waals surface area (Å²) in [7, 11) is 0. The Labute approximate surface area is 100 Å². The van der Waals surface area contributed by atoms with Crippen LogP contribution >= 0.6 is 23.4 Å². The SMILES string of the molecule is CCC1CN(c2ccc(Cl)cn2)CCS1. The first-order valence-corrected chi connectivity index (χ1v) is 6.70. The van der Waals surface area contributed by atoms with Crippen molar-refractivity contribution in [1.82, 2.24) is 4.98 Å². The van der Waals surface area contributed by atoms with Crippen molar-refractivity contribution in [3.8, 4) is 0 Å². The Kier molecular flexibility index (Phi) is 3.76. The molecule has 2 heterocycles. The Morgan fingerprint density at radius 1 is 1.60 bits per heavy atom. The maximum atomic E-state index is 5.82. The van der Waals surface area contributed by atoms with E-state index in [9.17, 15) is 0 Å². The molecule has 82 valence electrons. The van der Waals surface area contributed by atoms with Gasteiger partial charge in [0.2, 0.25) is 0 Å². The van der Waals surface area contributed by atoms with E-state index in [2.05, 4.69) is 28.6 Å². The summed E-state index contributed by atoms with van der Waals surface area (Å²) in [4.78, 5) is 6.70. The van der Waals surface area contributed by atoms with Crippen LogP contribution in [0.3, 0.4) is 0 Å². The Morgan fingerprint density at radius 3 is 3.13 bits per heavy atom. The van der Waals surface area contributed by atoms with Crippen LogP contribution in [0.15, 0.2) is 18.3 Å². The van der Waals surface area contributed by atoms with Crippen LogP contribution in [-0.4, -0.2) is 29.1 Å². The van der Waals surface area contributed by atoms with Crippen LogP contribution in [0.5, 0.6) is 0 Å². The number of aromatic nitrogens is 1. The molecule has 0 N–H and O–H groups in total. The average molecular weight is 243 g/mol. The van der Waals surface area contributed by atoms with Crippen molar-refractivity contribution < 1.29 is 0 Å². The number of thioether (sulfide) groups is 1. The van der Waals surface area contributed by atoms with Crippen molar-refractivity contribution >= 4 is 29.2 Å². The lowest BCUT2D eigenvalue weighted by atomic mass is 10.3. The second-order valence-electron chi connectivity index (χ2n) is 3.68. The average Bonchev–Trinajstić information content (AvgIpc) is 2.30. The smallest absolute Gasteiger partial charge is 0.128 e. The third kappa shape index (κ3) is 2.79. The number of nitrogens with zero attached hydrogens (tertiary/aromatic N) is 2. The molecule has 0 radical (unpaired) electrons. The predicted octanol–water partition coefficient (Wildman–Crippen LogP) is 3.07. The van der Waals surface area contributed by atoms with Gasteiger partial charge in [-0.05, 0) is 18.6 Å². The second-order valence-corrected chi connectivity index (χ2v) is 5.53. The second kappa shape index (κ2) is 5.08. The lowest BCUT2D eigenvalue weighted by Gasteiger charge is -2.32. The Balaban J connectivity index is 2.06. The largest absolute Gasteiger partial charge is 0.355 e. The van der Waals surface area contributed by atoms with Crippen LogP contribution in [0, 0.1) is 0 Å². The van der Waals surface area contributed by atoms with E-state index in [0.29, 0.717) is 5.02 Å². The van der Waals surface area contributed by atoms with Gasteiger partial charge in [0.15, 0.2) is 0 Å². The third-order valence-electron chi connectivity index (χ3n) is 2.63. The molecule has 1 fully saturated rings. The molecule has 1 aromatic heterocycles. The van der Waals surface area contributed by atoms with E-state index in [-0.39, 0.29) is 0 Å². The molecule has 4 heteroatoms. The number of halogens is 1. The standard InChI is InChI=1S/C11H15ClN2S/c1-2-10-8-14(5-6-15-10)11-4-3-9(12)7-13-11/h3-4,7,10H,2,5-6,8H2,1H3. The Hall–Kier alpha value is -0.410. The number of rotatable bonds is 2. The highest BCUT2D eigenvalue weighted by molar-refractivity contribution is 8.00. The van der Waals surface area contributed by atoms with Gasteiger partial charge in [0, 0.05) is 30.3 Å². The Morgan fingerprint density at radius 2 is 2.47 bits per heavy atom. The van der Waals surface area contributed by atoms with Gasteiger partial charge in [-0.25, -0.2) is 4.98 Å². The van der Waals surface area contributed by atoms with Gasteiger partial charge in [0.1, 0.15) is 5.82 Å². The van der Waals surface area contributed by atoms with Crippen LogP contribution in [0.4, 0.5) is 5.82 Å². The summed E-state index contributed by atoms with van der Waals surface area (Å²) in [6.45, 7) is 4.45. The van der Waals surface area contributed by atoms with E-state index in [1.165, 1.54) is 12.2 Å². The normalized spacial score (nSPS) is 21.7. The molecular weight excluding hydrogens is 228 g/mol. The predicted molar refractivity (Wildman–Crippen MR) is 68.0 cm³/mol. The first kappa shape index (κ1) is 11.1. The summed E-state index contributed by atoms with van der Waals surface area (Å²) in [5.74, 6) is 2.25. The van der Waals surface area contributed by atoms with Crippen LogP contribution in [0.2, 0.25) is 5.02 Å². The molecule has 1 atom stereocenters. The van der Waals surface area contributed by atoms with Gasteiger partial charge in [-0.15, -0.1) is 0 Å². The molecule has 0 amide bonds. The quantitative estimate of drug-likeness (QED) is 0.793.